The number of nitrogens with one attached hydrogen (secondary N) is 1. The van der Waals surface area contributed by atoms with Crippen molar-refractivity contribution in [1.29, 1.82) is 0 Å². The molecule has 7 nitrogen and oxygen atoms in total. The summed E-state index contributed by atoms with van der Waals surface area (Å²) >= 11 is 5.57. The van der Waals surface area contributed by atoms with Crippen LogP contribution in [0.15, 0.2) is 35.5 Å². The van der Waals surface area contributed by atoms with Crippen LogP contribution in [0.25, 0.3) is 0 Å². The monoisotopic (exact) mass is 420 g/mol. The number of esters is 2. The number of thiocarbonyl (C=S) groups is 1. The number of nitrogens with zero attached hydrogens (tertiary/aromatic N) is 1. The highest BCUT2D eigenvalue weighted by atomic mass is 32.1. The highest BCUT2D eigenvalue weighted by molar-refractivity contribution is 7.80. The Hall–Kier alpha value is -2.45. The molecule has 158 valence electrons. The molecule has 0 unspecified atom stereocenters. The minimum Gasteiger partial charge on any atom is -0.465 e. The van der Waals surface area contributed by atoms with Gasteiger partial charge in [0.05, 0.1) is 30.9 Å². The normalized spacial score (nSPS) is 16.7. The molecule has 0 saturated carbocycles. The first kappa shape index (κ1) is 22.8. The fourth-order valence-corrected chi connectivity index (χ4v) is 3.43. The summed E-state index contributed by atoms with van der Waals surface area (Å²) in [7, 11) is 2.88. The van der Waals surface area contributed by atoms with E-state index in [0.717, 1.165) is 11.3 Å². The molecule has 1 heterocycles. The van der Waals surface area contributed by atoms with Crippen molar-refractivity contribution >= 4 is 29.3 Å². The zero-order valence-electron chi connectivity index (χ0n) is 17.5. The molecule has 0 fully saturated rings. The van der Waals surface area contributed by atoms with E-state index in [4.69, 9.17) is 26.4 Å². The SMILES string of the molecule is COCCOC(=O)C1=C(C)N(CC(C)C)C(=S)N[C@H]1c1ccc(C(=O)OC)cc1. The summed E-state index contributed by atoms with van der Waals surface area (Å²) in [5.41, 5.74) is 2.47. The van der Waals surface area contributed by atoms with Crippen molar-refractivity contribution in [1.82, 2.24) is 10.2 Å². The predicted molar refractivity (Wildman–Crippen MR) is 113 cm³/mol. The summed E-state index contributed by atoms with van der Waals surface area (Å²) in [6.07, 6.45) is 0. The Morgan fingerprint density at radius 3 is 2.34 bits per heavy atom. The van der Waals surface area contributed by atoms with E-state index in [1.165, 1.54) is 7.11 Å². The molecular weight excluding hydrogens is 392 g/mol. The van der Waals surface area contributed by atoms with Crippen LogP contribution in [0.4, 0.5) is 0 Å². The van der Waals surface area contributed by atoms with Gasteiger partial charge >= 0.3 is 11.9 Å². The van der Waals surface area contributed by atoms with Crippen LogP contribution >= 0.6 is 12.2 Å². The van der Waals surface area contributed by atoms with Gasteiger partial charge in [-0.2, -0.15) is 0 Å². The van der Waals surface area contributed by atoms with E-state index in [1.807, 2.05) is 11.8 Å². The minimum atomic E-state index is -0.479. The Morgan fingerprint density at radius 2 is 1.79 bits per heavy atom. The largest absolute Gasteiger partial charge is 0.465 e. The minimum absolute atomic E-state index is 0.161. The standard InChI is InChI=1S/C21H28N2O5S/c1-13(2)12-23-14(3)17(20(25)28-11-10-26-4)18(22-21(23)29)15-6-8-16(9-7-15)19(24)27-5/h6-9,13,18H,10-12H2,1-5H3,(H,22,29)/t18-/m0/s1. The lowest BCUT2D eigenvalue weighted by Gasteiger charge is -2.38. The van der Waals surface area contributed by atoms with Crippen LogP contribution in [0.2, 0.25) is 0 Å². The highest BCUT2D eigenvalue weighted by Gasteiger charge is 2.35. The van der Waals surface area contributed by atoms with Crippen molar-refractivity contribution in [2.24, 2.45) is 5.92 Å². The van der Waals surface area contributed by atoms with Crippen LogP contribution in [0.1, 0.15) is 42.7 Å². The molecule has 8 heteroatoms. The van der Waals surface area contributed by atoms with Gasteiger partial charge in [0.1, 0.15) is 6.61 Å². The molecule has 0 aromatic heterocycles. The van der Waals surface area contributed by atoms with Crippen LogP contribution in [-0.4, -0.2) is 55.9 Å². The van der Waals surface area contributed by atoms with E-state index in [0.29, 0.717) is 35.3 Å². The number of methoxy groups -OCH3 is 2. The smallest absolute Gasteiger partial charge is 0.338 e. The first-order chi connectivity index (χ1) is 13.8. The second kappa shape index (κ2) is 10.4. The Balaban J connectivity index is 2.42. The number of hydrogen-bond donors (Lipinski definition) is 1. The summed E-state index contributed by atoms with van der Waals surface area (Å²) < 4.78 is 15.1. The number of carbonyl (C=O) groups is 2. The average Bonchev–Trinajstić information content (AvgIpc) is 2.70. The lowest BCUT2D eigenvalue weighted by molar-refractivity contribution is -0.140. The third kappa shape index (κ3) is 5.55. The molecule has 1 aromatic carbocycles. The third-order valence-electron chi connectivity index (χ3n) is 4.55. The quantitative estimate of drug-likeness (QED) is 0.391. The second-order valence-corrected chi connectivity index (χ2v) is 7.52. The van der Waals surface area contributed by atoms with Gasteiger partial charge in [0, 0.05) is 19.4 Å². The fourth-order valence-electron chi connectivity index (χ4n) is 3.11. The topological polar surface area (TPSA) is 77.1 Å². The number of ether oxygens (including phenoxy) is 3. The van der Waals surface area contributed by atoms with Gasteiger partial charge in [0.25, 0.3) is 0 Å². The molecule has 1 atom stereocenters. The predicted octanol–water partition coefficient (Wildman–Crippen LogP) is 2.82. The molecule has 0 bridgehead atoms. The van der Waals surface area contributed by atoms with Gasteiger partial charge in [-0.3, -0.25) is 0 Å². The zero-order valence-corrected chi connectivity index (χ0v) is 18.3. The number of carbonyl (C=O) groups excluding carboxylic acids is 2. The van der Waals surface area contributed by atoms with Crippen LogP contribution in [0.5, 0.6) is 0 Å². The van der Waals surface area contributed by atoms with Crippen LogP contribution in [0.3, 0.4) is 0 Å². The summed E-state index contributed by atoms with van der Waals surface area (Å²) in [5, 5.41) is 3.80. The van der Waals surface area contributed by atoms with Crippen molar-refractivity contribution in [2.75, 3.05) is 34.0 Å². The summed E-state index contributed by atoms with van der Waals surface area (Å²) in [6.45, 7) is 7.21. The van der Waals surface area contributed by atoms with E-state index < -0.39 is 18.0 Å². The molecule has 0 saturated heterocycles. The van der Waals surface area contributed by atoms with E-state index in [1.54, 1.807) is 31.4 Å². The number of allylic oxidation sites excluding steroid dienone is 1. The maximum absolute atomic E-state index is 12.9. The zero-order chi connectivity index (χ0) is 21.6. The fraction of sp³-hybridized carbons (Fsp3) is 0.476. The van der Waals surface area contributed by atoms with Gasteiger partial charge in [0.2, 0.25) is 0 Å². The maximum atomic E-state index is 12.9. The molecular formula is C21H28N2O5S. The maximum Gasteiger partial charge on any atom is 0.338 e. The first-order valence-corrected chi connectivity index (χ1v) is 9.84. The Morgan fingerprint density at radius 1 is 1.14 bits per heavy atom. The molecule has 1 aromatic rings. The third-order valence-corrected chi connectivity index (χ3v) is 4.89. The second-order valence-electron chi connectivity index (χ2n) is 7.13. The lowest BCUT2D eigenvalue weighted by Crippen LogP contribution is -2.49. The molecule has 0 amide bonds. The first-order valence-electron chi connectivity index (χ1n) is 9.43. The summed E-state index contributed by atoms with van der Waals surface area (Å²) in [5.74, 6) is -0.491. The summed E-state index contributed by atoms with van der Waals surface area (Å²) in [4.78, 5) is 26.5. The van der Waals surface area contributed by atoms with Crippen LogP contribution in [-0.2, 0) is 19.0 Å². The Bertz CT molecular complexity index is 789. The van der Waals surface area contributed by atoms with E-state index in [9.17, 15) is 9.59 Å². The molecule has 1 aliphatic rings. The van der Waals surface area contributed by atoms with E-state index in [2.05, 4.69) is 19.2 Å². The average molecular weight is 421 g/mol. The molecule has 0 aliphatic carbocycles. The van der Waals surface area contributed by atoms with Crippen molar-refractivity contribution < 1.29 is 23.8 Å². The number of rotatable bonds is 8. The van der Waals surface area contributed by atoms with E-state index in [-0.39, 0.29) is 6.61 Å². The van der Waals surface area contributed by atoms with Gasteiger partial charge < -0.3 is 24.4 Å². The van der Waals surface area contributed by atoms with Gasteiger partial charge in [-0.15, -0.1) is 0 Å². The molecule has 0 spiro atoms. The highest BCUT2D eigenvalue weighted by Crippen LogP contribution is 2.32. The molecule has 2 rings (SSSR count). The van der Waals surface area contributed by atoms with Crippen LogP contribution < -0.4 is 5.32 Å². The Labute approximate surface area is 177 Å². The van der Waals surface area contributed by atoms with Gasteiger partial charge in [-0.05, 0) is 42.8 Å². The number of benzene rings is 1. The van der Waals surface area contributed by atoms with Gasteiger partial charge in [0.15, 0.2) is 5.11 Å². The van der Waals surface area contributed by atoms with Crippen molar-refractivity contribution in [3.8, 4) is 0 Å². The molecule has 29 heavy (non-hydrogen) atoms. The van der Waals surface area contributed by atoms with Gasteiger partial charge in [-0.25, -0.2) is 9.59 Å². The molecule has 1 N–H and O–H groups in total. The van der Waals surface area contributed by atoms with Crippen molar-refractivity contribution in [3.63, 3.8) is 0 Å². The van der Waals surface area contributed by atoms with Crippen molar-refractivity contribution in [3.05, 3.63) is 46.7 Å². The van der Waals surface area contributed by atoms with Gasteiger partial charge in [-0.1, -0.05) is 26.0 Å². The molecule has 1 aliphatic heterocycles. The summed E-state index contributed by atoms with van der Waals surface area (Å²) in [6, 6.07) is 6.40. The number of hydrogen-bond acceptors (Lipinski definition) is 6. The van der Waals surface area contributed by atoms with Crippen molar-refractivity contribution in [2.45, 2.75) is 26.8 Å². The Kier molecular flexibility index (Phi) is 8.16. The van der Waals surface area contributed by atoms with Crippen LogP contribution in [0, 0.1) is 5.92 Å². The van der Waals surface area contributed by atoms with E-state index >= 15 is 0 Å². The molecule has 0 radical (unpaired) electrons. The lowest BCUT2D eigenvalue weighted by atomic mass is 9.94.